The van der Waals surface area contributed by atoms with E-state index in [0.717, 1.165) is 25.7 Å². The third-order valence-electron chi connectivity index (χ3n) is 2.35. The number of hydrogen-bond donors (Lipinski definition) is 0. The molecule has 0 saturated carbocycles. The van der Waals surface area contributed by atoms with Gasteiger partial charge in [0.2, 0.25) is 0 Å². The van der Waals surface area contributed by atoms with Crippen LogP contribution in [0.25, 0.3) is 0 Å². The van der Waals surface area contributed by atoms with Crippen molar-refractivity contribution in [2.45, 2.75) is 25.7 Å². The number of ether oxygens (including phenoxy) is 1. The van der Waals surface area contributed by atoms with Crippen LogP contribution in [0.2, 0.25) is 0 Å². The lowest BCUT2D eigenvalue weighted by molar-refractivity contribution is 0.290. The third-order valence-corrected chi connectivity index (χ3v) is 2.61. The highest BCUT2D eigenvalue weighted by molar-refractivity contribution is 6.17. The molecule has 1 aromatic rings. The lowest BCUT2D eigenvalue weighted by Gasteiger charge is -2.06. The molecule has 0 heterocycles. The Hall–Kier alpha value is -1.27. The Balaban J connectivity index is 2.30. The molecule has 92 valence electrons. The highest BCUT2D eigenvalue weighted by Crippen LogP contribution is 2.18. The van der Waals surface area contributed by atoms with E-state index in [-0.39, 0.29) is 5.75 Å². The van der Waals surface area contributed by atoms with Crippen LogP contribution in [0.1, 0.15) is 31.2 Å². The molecule has 0 aliphatic heterocycles. The van der Waals surface area contributed by atoms with E-state index in [1.165, 1.54) is 12.1 Å². The highest BCUT2D eigenvalue weighted by atomic mass is 35.5. The molecule has 0 amide bonds. The topological polar surface area (TPSA) is 33.0 Å². The van der Waals surface area contributed by atoms with Gasteiger partial charge in [0.15, 0.2) is 11.6 Å². The molecule has 0 atom stereocenters. The number of unbranched alkanes of at least 4 members (excludes halogenated alkanes) is 3. The van der Waals surface area contributed by atoms with Gasteiger partial charge in [0.25, 0.3) is 0 Å². The summed E-state index contributed by atoms with van der Waals surface area (Å²) in [4.78, 5) is 0. The minimum atomic E-state index is -0.482. The van der Waals surface area contributed by atoms with Crippen LogP contribution in [0.15, 0.2) is 18.2 Å². The van der Waals surface area contributed by atoms with Gasteiger partial charge in [-0.15, -0.1) is 11.6 Å². The van der Waals surface area contributed by atoms with E-state index in [1.807, 2.05) is 6.07 Å². The molecule has 0 radical (unpaired) electrons. The normalized spacial score (nSPS) is 9.94. The SMILES string of the molecule is N#Cc1ccc(OCCCCCCCl)c(F)c1. The van der Waals surface area contributed by atoms with Crippen LogP contribution < -0.4 is 4.74 Å². The average Bonchev–Trinajstić information content (AvgIpc) is 2.35. The van der Waals surface area contributed by atoms with Crippen molar-refractivity contribution in [2.75, 3.05) is 12.5 Å². The molecule has 0 fully saturated rings. The molecule has 0 N–H and O–H groups in total. The second-order valence-corrected chi connectivity index (χ2v) is 4.09. The number of benzene rings is 1. The summed E-state index contributed by atoms with van der Waals surface area (Å²) in [5.74, 6) is 0.414. The summed E-state index contributed by atoms with van der Waals surface area (Å²) >= 11 is 5.55. The van der Waals surface area contributed by atoms with Gasteiger partial charge in [-0.05, 0) is 31.0 Å². The van der Waals surface area contributed by atoms with E-state index in [0.29, 0.717) is 18.1 Å². The van der Waals surface area contributed by atoms with E-state index in [9.17, 15) is 4.39 Å². The predicted molar refractivity (Wildman–Crippen MR) is 65.8 cm³/mol. The fraction of sp³-hybridized carbons (Fsp3) is 0.462. The fourth-order valence-electron chi connectivity index (χ4n) is 1.42. The molecule has 0 saturated heterocycles. The van der Waals surface area contributed by atoms with E-state index < -0.39 is 5.82 Å². The lowest BCUT2D eigenvalue weighted by Crippen LogP contribution is -1.99. The Labute approximate surface area is 106 Å². The van der Waals surface area contributed by atoms with Crippen LogP contribution in [0.3, 0.4) is 0 Å². The Morgan fingerprint density at radius 3 is 2.65 bits per heavy atom. The summed E-state index contributed by atoms with van der Waals surface area (Å²) in [7, 11) is 0. The molecule has 2 nitrogen and oxygen atoms in total. The molecule has 17 heavy (non-hydrogen) atoms. The molecule has 0 unspecified atom stereocenters. The number of nitrogens with zero attached hydrogens (tertiary/aromatic N) is 1. The van der Waals surface area contributed by atoms with Crippen LogP contribution in [-0.4, -0.2) is 12.5 Å². The van der Waals surface area contributed by atoms with Gasteiger partial charge in [-0.25, -0.2) is 4.39 Å². The maximum Gasteiger partial charge on any atom is 0.166 e. The molecule has 4 heteroatoms. The second kappa shape index (κ2) is 7.92. The second-order valence-electron chi connectivity index (χ2n) is 3.71. The summed E-state index contributed by atoms with van der Waals surface area (Å²) in [6.45, 7) is 0.491. The first kappa shape index (κ1) is 13.8. The quantitative estimate of drug-likeness (QED) is 0.547. The van der Waals surface area contributed by atoms with Gasteiger partial charge >= 0.3 is 0 Å². The zero-order valence-corrected chi connectivity index (χ0v) is 10.3. The zero-order chi connectivity index (χ0) is 12.5. The molecule has 0 bridgehead atoms. The molecule has 1 rings (SSSR count). The third kappa shape index (κ3) is 5.06. The Morgan fingerprint density at radius 1 is 1.24 bits per heavy atom. The van der Waals surface area contributed by atoms with Crippen LogP contribution in [0, 0.1) is 17.1 Å². The summed E-state index contributed by atoms with van der Waals surface area (Å²) in [6.07, 6.45) is 4.00. The molecule has 0 aliphatic carbocycles. The van der Waals surface area contributed by atoms with Crippen molar-refractivity contribution in [3.63, 3.8) is 0 Å². The number of alkyl halides is 1. The van der Waals surface area contributed by atoms with Crippen molar-refractivity contribution in [1.82, 2.24) is 0 Å². The molecule has 0 aromatic heterocycles. The van der Waals surface area contributed by atoms with Crippen LogP contribution in [0.5, 0.6) is 5.75 Å². The van der Waals surface area contributed by atoms with Gasteiger partial charge in [0, 0.05) is 5.88 Å². The molecule has 0 aliphatic rings. The summed E-state index contributed by atoms with van der Waals surface area (Å²) in [5, 5.41) is 8.58. The minimum Gasteiger partial charge on any atom is -0.491 e. The van der Waals surface area contributed by atoms with Crippen molar-refractivity contribution >= 4 is 11.6 Å². The predicted octanol–water partition coefficient (Wildman–Crippen LogP) is 3.88. The van der Waals surface area contributed by atoms with Crippen molar-refractivity contribution < 1.29 is 9.13 Å². The first-order valence-electron chi connectivity index (χ1n) is 5.66. The fourth-order valence-corrected chi connectivity index (χ4v) is 1.61. The lowest BCUT2D eigenvalue weighted by atomic mass is 10.2. The summed E-state index contributed by atoms with van der Waals surface area (Å²) in [6, 6.07) is 6.10. The molecule has 0 spiro atoms. The Bertz CT molecular complexity index is 389. The van der Waals surface area contributed by atoms with E-state index in [4.69, 9.17) is 21.6 Å². The molecular formula is C13H15ClFNO. The van der Waals surface area contributed by atoms with E-state index in [1.54, 1.807) is 6.07 Å². The van der Waals surface area contributed by atoms with Gasteiger partial charge < -0.3 is 4.74 Å². The van der Waals surface area contributed by atoms with Crippen molar-refractivity contribution in [3.05, 3.63) is 29.6 Å². The first-order valence-corrected chi connectivity index (χ1v) is 6.20. The van der Waals surface area contributed by atoms with E-state index >= 15 is 0 Å². The monoisotopic (exact) mass is 255 g/mol. The van der Waals surface area contributed by atoms with Crippen LogP contribution in [-0.2, 0) is 0 Å². The van der Waals surface area contributed by atoms with Crippen LogP contribution >= 0.6 is 11.6 Å². The van der Waals surface area contributed by atoms with Gasteiger partial charge in [-0.2, -0.15) is 5.26 Å². The zero-order valence-electron chi connectivity index (χ0n) is 9.59. The molecular weight excluding hydrogens is 241 g/mol. The Kier molecular flexibility index (Phi) is 6.42. The van der Waals surface area contributed by atoms with Gasteiger partial charge in [-0.3, -0.25) is 0 Å². The van der Waals surface area contributed by atoms with Crippen molar-refractivity contribution in [1.29, 1.82) is 5.26 Å². The number of nitriles is 1. The Morgan fingerprint density at radius 2 is 2.00 bits per heavy atom. The summed E-state index contributed by atoms with van der Waals surface area (Å²) in [5.41, 5.74) is 0.303. The maximum absolute atomic E-state index is 13.4. The van der Waals surface area contributed by atoms with Crippen molar-refractivity contribution in [3.8, 4) is 11.8 Å². The summed E-state index contributed by atoms with van der Waals surface area (Å²) < 4.78 is 18.7. The number of rotatable bonds is 7. The number of hydrogen-bond acceptors (Lipinski definition) is 2. The first-order chi connectivity index (χ1) is 8.27. The largest absolute Gasteiger partial charge is 0.491 e. The smallest absolute Gasteiger partial charge is 0.166 e. The van der Waals surface area contributed by atoms with Gasteiger partial charge in [0.05, 0.1) is 18.2 Å². The molecule has 1 aromatic carbocycles. The minimum absolute atomic E-state index is 0.210. The highest BCUT2D eigenvalue weighted by Gasteiger charge is 2.04. The van der Waals surface area contributed by atoms with Crippen molar-refractivity contribution in [2.24, 2.45) is 0 Å². The van der Waals surface area contributed by atoms with E-state index in [2.05, 4.69) is 0 Å². The van der Waals surface area contributed by atoms with Crippen LogP contribution in [0.4, 0.5) is 4.39 Å². The van der Waals surface area contributed by atoms with Gasteiger partial charge in [-0.1, -0.05) is 12.8 Å². The number of halogens is 2. The average molecular weight is 256 g/mol. The maximum atomic E-state index is 13.4. The standard InChI is InChI=1S/C13H15ClFNO/c14-7-3-1-2-4-8-17-13-6-5-11(10-16)9-12(13)15/h5-6,9H,1-4,7-8H2. The van der Waals surface area contributed by atoms with Gasteiger partial charge in [0.1, 0.15) is 0 Å².